The van der Waals surface area contributed by atoms with E-state index in [0.29, 0.717) is 12.6 Å². The fraction of sp³-hybridized carbons (Fsp3) is 0.733. The third kappa shape index (κ3) is 3.15. The van der Waals surface area contributed by atoms with Crippen molar-refractivity contribution in [3.8, 4) is 0 Å². The number of nitrogens with one attached hydrogen (secondary N) is 1. The summed E-state index contributed by atoms with van der Waals surface area (Å²) in [6.45, 7) is 7.31. The molecule has 1 aromatic heterocycles. The Balaban J connectivity index is 2.00. The van der Waals surface area contributed by atoms with Crippen LogP contribution in [0.5, 0.6) is 0 Å². The fourth-order valence-corrected chi connectivity index (χ4v) is 2.87. The van der Waals surface area contributed by atoms with Gasteiger partial charge in [-0.3, -0.25) is 0 Å². The van der Waals surface area contributed by atoms with E-state index in [-0.39, 0.29) is 11.5 Å². The van der Waals surface area contributed by atoms with Crippen LogP contribution in [0.4, 0.5) is 0 Å². The normalized spacial score (nSPS) is 23.7. The molecule has 0 amide bonds. The second kappa shape index (κ2) is 5.45. The van der Waals surface area contributed by atoms with Crippen molar-refractivity contribution in [2.75, 3.05) is 6.54 Å². The van der Waals surface area contributed by atoms with Gasteiger partial charge in [0.15, 0.2) is 0 Å². The van der Waals surface area contributed by atoms with Crippen LogP contribution in [0, 0.1) is 5.41 Å². The molecule has 0 radical (unpaired) electrons. The molecule has 0 bridgehead atoms. The van der Waals surface area contributed by atoms with Crippen LogP contribution in [-0.2, 0) is 6.42 Å². The van der Waals surface area contributed by atoms with E-state index in [9.17, 15) is 5.11 Å². The van der Waals surface area contributed by atoms with E-state index in [4.69, 9.17) is 4.42 Å². The van der Waals surface area contributed by atoms with Crippen molar-refractivity contribution in [3.05, 3.63) is 23.7 Å². The molecule has 2 atom stereocenters. The summed E-state index contributed by atoms with van der Waals surface area (Å²) in [5.41, 5.74) is 1.54. The molecule has 0 spiro atoms. The maximum Gasteiger partial charge on any atom is 0.109 e. The first-order valence-electron chi connectivity index (χ1n) is 6.99. The highest BCUT2D eigenvalue weighted by Crippen LogP contribution is 2.41. The number of hydrogen-bond donors (Lipinski definition) is 2. The predicted octanol–water partition coefficient (Wildman–Crippen LogP) is 3.04. The van der Waals surface area contributed by atoms with Crippen LogP contribution >= 0.6 is 0 Å². The Hall–Kier alpha value is -0.800. The number of fused-ring (bicyclic) bond motifs is 1. The molecule has 102 valence electrons. The standard InChI is InChI=1S/C15H25NO2/c1-4-5-11(17)10-16-13-8-15(2,3)9-14-12(13)6-7-18-14/h6-7,11,13,16-17H,4-5,8-10H2,1-3H3. The SMILES string of the molecule is CCCC(O)CNC1CC(C)(C)Cc2occc21. The number of aliphatic hydroxyl groups is 1. The maximum atomic E-state index is 9.82. The molecule has 0 saturated heterocycles. The molecule has 2 rings (SSSR count). The van der Waals surface area contributed by atoms with Gasteiger partial charge in [0.1, 0.15) is 5.76 Å². The molecule has 1 aliphatic carbocycles. The lowest BCUT2D eigenvalue weighted by atomic mass is 9.75. The van der Waals surface area contributed by atoms with E-state index in [2.05, 4.69) is 32.2 Å². The van der Waals surface area contributed by atoms with Crippen LogP contribution in [0.3, 0.4) is 0 Å². The van der Waals surface area contributed by atoms with E-state index >= 15 is 0 Å². The van der Waals surface area contributed by atoms with Gasteiger partial charge in [0, 0.05) is 24.6 Å². The van der Waals surface area contributed by atoms with Gasteiger partial charge in [0.05, 0.1) is 12.4 Å². The Bertz CT molecular complexity index is 384. The third-order valence-corrected chi connectivity index (χ3v) is 3.77. The van der Waals surface area contributed by atoms with E-state index in [1.165, 1.54) is 5.56 Å². The van der Waals surface area contributed by atoms with Gasteiger partial charge < -0.3 is 14.8 Å². The molecule has 2 N–H and O–H groups in total. The molecule has 1 aliphatic rings. The smallest absolute Gasteiger partial charge is 0.109 e. The first kappa shape index (κ1) is 13.6. The molecule has 18 heavy (non-hydrogen) atoms. The number of rotatable bonds is 5. The van der Waals surface area contributed by atoms with Crippen molar-refractivity contribution in [2.24, 2.45) is 5.41 Å². The summed E-state index contributed by atoms with van der Waals surface area (Å²) in [4.78, 5) is 0. The van der Waals surface area contributed by atoms with Gasteiger partial charge in [0.25, 0.3) is 0 Å². The summed E-state index contributed by atoms with van der Waals surface area (Å²) in [7, 11) is 0. The maximum absolute atomic E-state index is 9.82. The Labute approximate surface area is 110 Å². The molecule has 3 nitrogen and oxygen atoms in total. The quantitative estimate of drug-likeness (QED) is 0.845. The van der Waals surface area contributed by atoms with Gasteiger partial charge in [-0.2, -0.15) is 0 Å². The molecule has 0 fully saturated rings. The first-order chi connectivity index (χ1) is 8.52. The lowest BCUT2D eigenvalue weighted by Crippen LogP contribution is -2.36. The van der Waals surface area contributed by atoms with Crippen molar-refractivity contribution in [1.29, 1.82) is 0 Å². The van der Waals surface area contributed by atoms with Gasteiger partial charge in [-0.05, 0) is 24.3 Å². The molecular formula is C15H25NO2. The second-order valence-corrected chi connectivity index (χ2v) is 6.25. The lowest BCUT2D eigenvalue weighted by Gasteiger charge is -2.35. The minimum atomic E-state index is -0.240. The molecule has 0 aromatic carbocycles. The summed E-state index contributed by atoms with van der Waals surface area (Å²) in [5.74, 6) is 1.11. The van der Waals surface area contributed by atoms with Crippen LogP contribution in [0.2, 0.25) is 0 Å². The molecule has 1 heterocycles. The van der Waals surface area contributed by atoms with Gasteiger partial charge >= 0.3 is 0 Å². The van der Waals surface area contributed by atoms with Gasteiger partial charge in [-0.15, -0.1) is 0 Å². The summed E-state index contributed by atoms with van der Waals surface area (Å²) in [6.07, 6.45) is 5.53. The summed E-state index contributed by atoms with van der Waals surface area (Å²) in [5, 5.41) is 13.3. The van der Waals surface area contributed by atoms with Crippen LogP contribution < -0.4 is 5.32 Å². The minimum Gasteiger partial charge on any atom is -0.469 e. The zero-order valence-electron chi connectivity index (χ0n) is 11.7. The van der Waals surface area contributed by atoms with E-state index in [0.717, 1.165) is 31.4 Å². The van der Waals surface area contributed by atoms with Gasteiger partial charge in [0.2, 0.25) is 0 Å². The predicted molar refractivity (Wildman–Crippen MR) is 72.5 cm³/mol. The molecule has 3 heteroatoms. The zero-order valence-corrected chi connectivity index (χ0v) is 11.7. The average Bonchev–Trinajstić information content (AvgIpc) is 2.72. The van der Waals surface area contributed by atoms with Crippen molar-refractivity contribution >= 4 is 0 Å². The largest absolute Gasteiger partial charge is 0.469 e. The second-order valence-electron chi connectivity index (χ2n) is 6.25. The average molecular weight is 251 g/mol. The van der Waals surface area contributed by atoms with Gasteiger partial charge in [-0.25, -0.2) is 0 Å². The summed E-state index contributed by atoms with van der Waals surface area (Å²) in [6, 6.07) is 2.38. The molecule has 1 aromatic rings. The van der Waals surface area contributed by atoms with E-state index < -0.39 is 0 Å². The highest BCUT2D eigenvalue weighted by Gasteiger charge is 2.34. The minimum absolute atomic E-state index is 0.240. The zero-order chi connectivity index (χ0) is 13.2. The van der Waals surface area contributed by atoms with Crippen LogP contribution in [-0.4, -0.2) is 17.8 Å². The number of aliphatic hydroxyl groups excluding tert-OH is 1. The highest BCUT2D eigenvalue weighted by atomic mass is 16.3. The molecule has 0 saturated carbocycles. The Morgan fingerprint density at radius 2 is 2.33 bits per heavy atom. The van der Waals surface area contributed by atoms with Crippen molar-refractivity contribution in [2.45, 2.75) is 58.6 Å². The third-order valence-electron chi connectivity index (χ3n) is 3.77. The highest BCUT2D eigenvalue weighted by molar-refractivity contribution is 5.26. The summed E-state index contributed by atoms with van der Waals surface area (Å²) < 4.78 is 5.57. The van der Waals surface area contributed by atoms with Gasteiger partial charge in [-0.1, -0.05) is 27.2 Å². The number of hydrogen-bond acceptors (Lipinski definition) is 3. The molecular weight excluding hydrogens is 226 g/mol. The Morgan fingerprint density at radius 1 is 1.56 bits per heavy atom. The fourth-order valence-electron chi connectivity index (χ4n) is 2.87. The Kier molecular flexibility index (Phi) is 4.13. The van der Waals surface area contributed by atoms with Crippen LogP contribution in [0.1, 0.15) is 57.4 Å². The van der Waals surface area contributed by atoms with Crippen LogP contribution in [0.25, 0.3) is 0 Å². The van der Waals surface area contributed by atoms with E-state index in [1.54, 1.807) is 6.26 Å². The van der Waals surface area contributed by atoms with Crippen molar-refractivity contribution in [1.82, 2.24) is 5.32 Å². The van der Waals surface area contributed by atoms with Crippen LogP contribution in [0.15, 0.2) is 16.7 Å². The lowest BCUT2D eigenvalue weighted by molar-refractivity contribution is 0.146. The topological polar surface area (TPSA) is 45.4 Å². The van der Waals surface area contributed by atoms with Crippen molar-refractivity contribution in [3.63, 3.8) is 0 Å². The summed E-state index contributed by atoms with van der Waals surface area (Å²) >= 11 is 0. The van der Waals surface area contributed by atoms with E-state index in [1.807, 2.05) is 0 Å². The first-order valence-corrected chi connectivity index (χ1v) is 6.99. The monoisotopic (exact) mass is 251 g/mol. The molecule has 0 aliphatic heterocycles. The Morgan fingerprint density at radius 3 is 3.06 bits per heavy atom. The molecule has 2 unspecified atom stereocenters. The van der Waals surface area contributed by atoms with Crippen molar-refractivity contribution < 1.29 is 9.52 Å². The number of furan rings is 1.